The Labute approximate surface area is 333 Å². The first-order chi connectivity index (χ1) is 27.7. The Morgan fingerprint density at radius 3 is 2.72 bits per heavy atom. The summed E-state index contributed by atoms with van der Waals surface area (Å²) in [6, 6.07) is 24.6. The lowest BCUT2D eigenvalue weighted by Gasteiger charge is -2.28. The highest BCUT2D eigenvalue weighted by molar-refractivity contribution is 9.10. The number of anilines is 1. The third kappa shape index (κ3) is 5.57. The molecule has 2 amide bonds. The number of oxazole rings is 2. The summed E-state index contributed by atoms with van der Waals surface area (Å²) in [5.41, 5.74) is 4.59. The van der Waals surface area contributed by atoms with E-state index in [9.17, 15) is 14.7 Å². The number of fused-ring (bicyclic) bond motifs is 5. The zero-order chi connectivity index (χ0) is 39.0. The molecule has 57 heavy (non-hydrogen) atoms. The maximum absolute atomic E-state index is 14.3. The number of amides is 2. The van der Waals surface area contributed by atoms with E-state index in [2.05, 4.69) is 36.9 Å². The second kappa shape index (κ2) is 13.3. The van der Waals surface area contributed by atoms with Crippen LogP contribution in [0.1, 0.15) is 53.8 Å². The highest BCUT2D eigenvalue weighted by Gasteiger charge is 2.61. The van der Waals surface area contributed by atoms with Gasteiger partial charge in [-0.2, -0.15) is 0 Å². The summed E-state index contributed by atoms with van der Waals surface area (Å²) in [5, 5.41) is 20.8. The average Bonchev–Trinajstić information content (AvgIpc) is 4.04. The van der Waals surface area contributed by atoms with Crippen LogP contribution in [0.3, 0.4) is 0 Å². The van der Waals surface area contributed by atoms with E-state index in [0.717, 1.165) is 37.8 Å². The molecule has 4 bridgehead atoms. The van der Waals surface area contributed by atoms with E-state index in [0.29, 0.717) is 34.0 Å². The zero-order valence-corrected chi connectivity index (χ0v) is 32.2. The third-order valence-corrected chi connectivity index (χ3v) is 11.6. The van der Waals surface area contributed by atoms with Gasteiger partial charge in [-0.05, 0) is 51.2 Å². The number of carbonyl (C=O) groups excluding carboxylic acids is 2. The smallest absolute Gasteiger partial charge is 0.408 e. The molecule has 13 nitrogen and oxygen atoms in total. The summed E-state index contributed by atoms with van der Waals surface area (Å²) < 4.78 is 26.6. The Morgan fingerprint density at radius 2 is 1.88 bits per heavy atom. The topological polar surface area (TPSA) is 177 Å². The summed E-state index contributed by atoms with van der Waals surface area (Å²) >= 11 is 3.75. The molecule has 3 aliphatic rings. The molecule has 2 unspecified atom stereocenters. The van der Waals surface area contributed by atoms with Crippen molar-refractivity contribution in [3.8, 4) is 34.4 Å². The molecule has 3 aromatic heterocycles. The maximum atomic E-state index is 14.3. The molecule has 6 heterocycles. The number of benzene rings is 4. The molecule has 0 saturated heterocycles. The predicted molar refractivity (Wildman–Crippen MR) is 212 cm³/mol. The maximum Gasteiger partial charge on any atom is 0.408 e. The van der Waals surface area contributed by atoms with E-state index in [1.807, 2.05) is 86.6 Å². The van der Waals surface area contributed by atoms with Crippen molar-refractivity contribution in [2.45, 2.75) is 50.6 Å². The number of carbonyl (C=O) groups is 2. The molecule has 5 N–H and O–H groups in total. The van der Waals surface area contributed by atoms with Crippen LogP contribution in [0.15, 0.2) is 111 Å². The molecule has 10 rings (SSSR count). The normalized spacial score (nSPS) is 20.5. The minimum Gasteiger partial charge on any atom is -0.506 e. The number of para-hydroxylation sites is 2. The van der Waals surface area contributed by atoms with Crippen molar-refractivity contribution in [2.24, 2.45) is 5.92 Å². The first kappa shape index (κ1) is 34.9. The number of halogens is 1. The van der Waals surface area contributed by atoms with E-state index in [1.165, 1.54) is 0 Å². The van der Waals surface area contributed by atoms with Gasteiger partial charge in [-0.1, -0.05) is 80.6 Å². The monoisotopic (exact) mass is 826 g/mol. The van der Waals surface area contributed by atoms with Crippen molar-refractivity contribution in [1.82, 2.24) is 25.6 Å². The molecule has 0 aliphatic carbocycles. The van der Waals surface area contributed by atoms with Crippen LogP contribution in [0.4, 0.5) is 10.5 Å². The molecule has 14 heteroatoms. The number of phenols is 1. The number of nitrogens with one attached hydrogen (secondary N) is 4. The van der Waals surface area contributed by atoms with Crippen LogP contribution in [-0.2, 0) is 28.0 Å². The number of hydrogen-bond acceptors (Lipinski definition) is 10. The number of aromatic amines is 1. The Morgan fingerprint density at radius 1 is 1.04 bits per heavy atom. The van der Waals surface area contributed by atoms with Gasteiger partial charge in [0.25, 0.3) is 0 Å². The molecule has 7 aromatic rings. The third-order valence-electron chi connectivity index (χ3n) is 11.0. The van der Waals surface area contributed by atoms with Crippen LogP contribution in [-0.4, -0.2) is 44.3 Å². The van der Waals surface area contributed by atoms with Crippen molar-refractivity contribution >= 4 is 44.5 Å². The Bertz CT molecular complexity index is 2720. The number of nitrogens with zero attached hydrogens (tertiary/aromatic N) is 2. The van der Waals surface area contributed by atoms with Gasteiger partial charge in [-0.3, -0.25) is 4.79 Å². The molecule has 1 spiro atoms. The van der Waals surface area contributed by atoms with Gasteiger partial charge in [0.1, 0.15) is 35.6 Å². The van der Waals surface area contributed by atoms with Gasteiger partial charge in [0, 0.05) is 39.2 Å². The summed E-state index contributed by atoms with van der Waals surface area (Å²) in [4.78, 5) is 40.5. The Kier molecular flexibility index (Phi) is 8.15. The first-order valence-corrected chi connectivity index (χ1v) is 19.4. The standard InChI is InChI=1S/C43H35BrN6O7/c1-21(2)33-40-49-36(39-46-19-32(55-39)25-18-45-34-24(25)10-6-13-30(34)51)37(57-40)43-26-11-7-12-28(44)35(26)50-41(43)56-31-15-14-23(16-27(31)43)17-29(38(52)48-33)47-42(53)54-20-22-8-4-3-5-9-22/h3-16,18-19,21,29,33,41,45,50-51H,17,20H2,1-2H3,(H,47,53)(H,48,52)/t29-,33-,41?,43?/m0/s1. The quantitative estimate of drug-likeness (QED) is 0.110. The molecule has 4 aromatic carbocycles. The number of hydrogen-bond donors (Lipinski definition) is 5. The SMILES string of the molecule is CC(C)[C@@H]1NC(=O)[C@@H](NC(=O)OCc2ccccc2)Cc2ccc3c(c2)C2(c4cccc(Br)c4NC2O3)c2oc1nc2-c1ncc(-c2c[nH]c3c(O)cccc23)o1. The van der Waals surface area contributed by atoms with Crippen LogP contribution < -0.4 is 20.7 Å². The van der Waals surface area contributed by atoms with E-state index in [1.54, 1.807) is 24.5 Å². The van der Waals surface area contributed by atoms with Crippen molar-refractivity contribution in [1.29, 1.82) is 0 Å². The fourth-order valence-corrected chi connectivity index (χ4v) is 8.72. The lowest BCUT2D eigenvalue weighted by Crippen LogP contribution is -2.49. The lowest BCUT2D eigenvalue weighted by molar-refractivity contribution is -0.124. The lowest BCUT2D eigenvalue weighted by atomic mass is 9.72. The molecule has 3 aliphatic heterocycles. The van der Waals surface area contributed by atoms with Crippen molar-refractivity contribution in [3.05, 3.63) is 136 Å². The number of phenolic OH excluding ortho intramolecular Hbond substituents is 1. The molecule has 0 fully saturated rings. The van der Waals surface area contributed by atoms with Crippen LogP contribution >= 0.6 is 15.9 Å². The molecule has 0 radical (unpaired) electrons. The molecule has 0 saturated carbocycles. The number of ether oxygens (including phenoxy) is 2. The van der Waals surface area contributed by atoms with Gasteiger partial charge in [-0.25, -0.2) is 14.8 Å². The Hall–Kier alpha value is -6.54. The number of rotatable bonds is 6. The van der Waals surface area contributed by atoms with Gasteiger partial charge in [0.15, 0.2) is 23.4 Å². The molecular weight excluding hydrogens is 792 g/mol. The van der Waals surface area contributed by atoms with E-state index in [-0.39, 0.29) is 36.5 Å². The van der Waals surface area contributed by atoms with E-state index < -0.39 is 35.7 Å². The number of H-pyrrole nitrogens is 1. The highest BCUT2D eigenvalue weighted by Crippen LogP contribution is 2.60. The zero-order valence-electron chi connectivity index (χ0n) is 30.6. The molecule has 286 valence electrons. The number of aromatic hydroxyl groups is 1. The van der Waals surface area contributed by atoms with Gasteiger partial charge in [-0.15, -0.1) is 0 Å². The fraction of sp³-hybridized carbons (Fsp3) is 0.209. The molecule has 4 atom stereocenters. The highest BCUT2D eigenvalue weighted by atomic mass is 79.9. The summed E-state index contributed by atoms with van der Waals surface area (Å²) in [5.74, 6) is 1.38. The first-order valence-electron chi connectivity index (χ1n) is 18.6. The minimum absolute atomic E-state index is 0.0465. The van der Waals surface area contributed by atoms with Crippen molar-refractivity contribution < 1.29 is 33.0 Å². The predicted octanol–water partition coefficient (Wildman–Crippen LogP) is 8.09. The summed E-state index contributed by atoms with van der Waals surface area (Å²) in [6.45, 7) is 3.96. The van der Waals surface area contributed by atoms with Crippen LogP contribution in [0.2, 0.25) is 0 Å². The fourth-order valence-electron chi connectivity index (χ4n) is 8.24. The van der Waals surface area contributed by atoms with Gasteiger partial charge >= 0.3 is 6.09 Å². The summed E-state index contributed by atoms with van der Waals surface area (Å²) in [7, 11) is 0. The van der Waals surface area contributed by atoms with Gasteiger partial charge < -0.3 is 44.3 Å². The molecular formula is C43H35BrN6O7. The van der Waals surface area contributed by atoms with Crippen molar-refractivity contribution in [2.75, 3.05) is 5.32 Å². The van der Waals surface area contributed by atoms with Gasteiger partial charge in [0.2, 0.25) is 17.7 Å². The largest absolute Gasteiger partial charge is 0.506 e. The number of alkyl carbamates (subject to hydrolysis) is 1. The minimum atomic E-state index is -1.10. The second-order valence-electron chi connectivity index (χ2n) is 14.8. The van der Waals surface area contributed by atoms with E-state index in [4.69, 9.17) is 28.3 Å². The van der Waals surface area contributed by atoms with Crippen LogP contribution in [0.5, 0.6) is 11.5 Å². The average molecular weight is 828 g/mol. The van der Waals surface area contributed by atoms with Crippen molar-refractivity contribution in [3.63, 3.8) is 0 Å². The van der Waals surface area contributed by atoms with Crippen LogP contribution in [0, 0.1) is 5.92 Å². The van der Waals surface area contributed by atoms with Gasteiger partial charge in [0.05, 0.1) is 17.4 Å². The number of aromatic nitrogens is 3. The second-order valence-corrected chi connectivity index (χ2v) is 15.7. The Balaban J connectivity index is 1.13. The summed E-state index contributed by atoms with van der Waals surface area (Å²) in [6.07, 6.45) is 2.15. The van der Waals surface area contributed by atoms with Crippen LogP contribution in [0.25, 0.3) is 33.8 Å². The van der Waals surface area contributed by atoms with E-state index >= 15 is 0 Å².